The number of rotatable bonds is 4. The van der Waals surface area contributed by atoms with Gasteiger partial charge in [0.05, 0.1) is 0 Å². The average molecular weight is 237 g/mol. The maximum atomic E-state index is 12.7. The molecule has 84 valence electrons. The second-order valence-electron chi connectivity index (χ2n) is 3.40. The smallest absolute Gasteiger partial charge is 0.147 e. The van der Waals surface area contributed by atoms with E-state index in [4.69, 9.17) is 5.73 Å². The molecule has 0 radical (unpaired) electrons. The summed E-state index contributed by atoms with van der Waals surface area (Å²) in [5, 5.41) is 9.95. The van der Waals surface area contributed by atoms with Crippen LogP contribution in [0.5, 0.6) is 0 Å². The molecule has 0 saturated heterocycles. The van der Waals surface area contributed by atoms with Crippen LogP contribution in [0.15, 0.2) is 24.3 Å². The summed E-state index contributed by atoms with van der Waals surface area (Å²) in [5.74, 6) is -0.239. The van der Waals surface area contributed by atoms with Gasteiger partial charge in [0.1, 0.15) is 15.8 Å². The Morgan fingerprint density at radius 2 is 1.94 bits per heavy atom. The molecule has 0 saturated carbocycles. The van der Waals surface area contributed by atoms with Crippen LogP contribution >= 0.6 is 11.3 Å². The zero-order chi connectivity index (χ0) is 11.4. The van der Waals surface area contributed by atoms with Crippen LogP contribution in [0.4, 0.5) is 4.39 Å². The second kappa shape index (κ2) is 5.14. The first-order valence-electron chi connectivity index (χ1n) is 5.08. The van der Waals surface area contributed by atoms with Crippen LogP contribution in [-0.2, 0) is 6.42 Å². The molecule has 0 atom stereocenters. The molecule has 16 heavy (non-hydrogen) atoms. The Hall–Kier alpha value is -1.33. The molecule has 0 bridgehead atoms. The normalized spacial score (nSPS) is 10.6. The highest BCUT2D eigenvalue weighted by Crippen LogP contribution is 2.23. The highest BCUT2D eigenvalue weighted by Gasteiger charge is 2.06. The van der Waals surface area contributed by atoms with Gasteiger partial charge < -0.3 is 5.73 Å². The molecular weight excluding hydrogens is 225 g/mol. The van der Waals surface area contributed by atoms with Gasteiger partial charge in [0, 0.05) is 12.0 Å². The lowest BCUT2D eigenvalue weighted by molar-refractivity contribution is 0.628. The van der Waals surface area contributed by atoms with Crippen molar-refractivity contribution in [1.29, 1.82) is 0 Å². The maximum Gasteiger partial charge on any atom is 0.147 e. The van der Waals surface area contributed by atoms with Gasteiger partial charge >= 0.3 is 0 Å². The first-order valence-corrected chi connectivity index (χ1v) is 5.89. The molecule has 0 fully saturated rings. The lowest BCUT2D eigenvalue weighted by atomic mass is 10.2. The Balaban J connectivity index is 2.15. The Labute approximate surface area is 97.1 Å². The van der Waals surface area contributed by atoms with E-state index in [2.05, 4.69) is 10.2 Å². The van der Waals surface area contributed by atoms with Gasteiger partial charge in [-0.1, -0.05) is 11.3 Å². The first kappa shape index (κ1) is 11.2. The highest BCUT2D eigenvalue weighted by atomic mass is 32.1. The molecule has 0 aliphatic carbocycles. The van der Waals surface area contributed by atoms with Crippen molar-refractivity contribution in [3.8, 4) is 10.6 Å². The van der Waals surface area contributed by atoms with Crippen LogP contribution in [-0.4, -0.2) is 16.7 Å². The van der Waals surface area contributed by atoms with Crippen LogP contribution in [0.3, 0.4) is 0 Å². The van der Waals surface area contributed by atoms with Gasteiger partial charge in [0.25, 0.3) is 0 Å². The third-order valence-electron chi connectivity index (χ3n) is 2.15. The van der Waals surface area contributed by atoms with Crippen molar-refractivity contribution in [3.05, 3.63) is 35.1 Å². The molecular formula is C11H12FN3S. The Kier molecular flexibility index (Phi) is 3.58. The zero-order valence-corrected chi connectivity index (χ0v) is 9.51. The van der Waals surface area contributed by atoms with E-state index in [0.29, 0.717) is 6.54 Å². The fourth-order valence-electron chi connectivity index (χ4n) is 1.32. The zero-order valence-electron chi connectivity index (χ0n) is 8.69. The predicted molar refractivity (Wildman–Crippen MR) is 62.7 cm³/mol. The minimum Gasteiger partial charge on any atom is -0.330 e. The molecule has 0 aliphatic heterocycles. The number of aryl methyl sites for hydroxylation is 1. The summed E-state index contributed by atoms with van der Waals surface area (Å²) in [6, 6.07) is 6.28. The van der Waals surface area contributed by atoms with Gasteiger partial charge in [0.2, 0.25) is 0 Å². The van der Waals surface area contributed by atoms with Gasteiger partial charge in [-0.2, -0.15) is 0 Å². The molecule has 0 amide bonds. The van der Waals surface area contributed by atoms with Crippen molar-refractivity contribution in [2.75, 3.05) is 6.54 Å². The van der Waals surface area contributed by atoms with Crippen LogP contribution in [0.2, 0.25) is 0 Å². The number of aromatic nitrogens is 2. The second-order valence-corrected chi connectivity index (χ2v) is 4.46. The summed E-state index contributed by atoms with van der Waals surface area (Å²) in [4.78, 5) is 0. The topological polar surface area (TPSA) is 51.8 Å². The molecule has 2 aromatic rings. The summed E-state index contributed by atoms with van der Waals surface area (Å²) in [7, 11) is 0. The third-order valence-corrected chi connectivity index (χ3v) is 3.18. The van der Waals surface area contributed by atoms with Crippen molar-refractivity contribution in [1.82, 2.24) is 10.2 Å². The number of nitrogens with zero attached hydrogens (tertiary/aromatic N) is 2. The van der Waals surface area contributed by atoms with E-state index in [1.54, 1.807) is 12.1 Å². The lowest BCUT2D eigenvalue weighted by Crippen LogP contribution is -1.99. The van der Waals surface area contributed by atoms with E-state index in [-0.39, 0.29) is 5.82 Å². The van der Waals surface area contributed by atoms with Crippen molar-refractivity contribution < 1.29 is 4.39 Å². The van der Waals surface area contributed by atoms with Crippen molar-refractivity contribution >= 4 is 11.3 Å². The first-order chi connectivity index (χ1) is 7.79. The minimum absolute atomic E-state index is 0.239. The summed E-state index contributed by atoms with van der Waals surface area (Å²) >= 11 is 1.53. The van der Waals surface area contributed by atoms with E-state index in [9.17, 15) is 4.39 Å². The number of nitrogens with two attached hydrogens (primary N) is 1. The predicted octanol–water partition coefficient (Wildman–Crippen LogP) is 2.24. The van der Waals surface area contributed by atoms with Crippen molar-refractivity contribution in [2.45, 2.75) is 12.8 Å². The van der Waals surface area contributed by atoms with Crippen molar-refractivity contribution in [3.63, 3.8) is 0 Å². The average Bonchev–Trinajstić information content (AvgIpc) is 2.76. The van der Waals surface area contributed by atoms with E-state index >= 15 is 0 Å². The van der Waals surface area contributed by atoms with Gasteiger partial charge in [-0.15, -0.1) is 10.2 Å². The quantitative estimate of drug-likeness (QED) is 0.887. The maximum absolute atomic E-state index is 12.7. The molecule has 0 unspecified atom stereocenters. The van der Waals surface area contributed by atoms with Crippen LogP contribution in [0.25, 0.3) is 10.6 Å². The Morgan fingerprint density at radius 3 is 2.62 bits per heavy atom. The standard InChI is InChI=1S/C11H12FN3S/c12-9-5-3-8(4-6-9)11-15-14-10(16-11)2-1-7-13/h3-6H,1-2,7,13H2. The summed E-state index contributed by atoms with van der Waals surface area (Å²) in [6.07, 6.45) is 1.77. The highest BCUT2D eigenvalue weighted by molar-refractivity contribution is 7.14. The molecule has 0 spiro atoms. The van der Waals surface area contributed by atoms with Gasteiger partial charge in [-0.3, -0.25) is 0 Å². The fourth-order valence-corrected chi connectivity index (χ4v) is 2.20. The Morgan fingerprint density at radius 1 is 1.19 bits per heavy atom. The number of halogens is 1. The van der Waals surface area contributed by atoms with E-state index in [1.165, 1.54) is 23.5 Å². The molecule has 1 heterocycles. The fraction of sp³-hybridized carbons (Fsp3) is 0.273. The van der Waals surface area contributed by atoms with Crippen molar-refractivity contribution in [2.24, 2.45) is 5.73 Å². The minimum atomic E-state index is -0.239. The number of hydrogen-bond acceptors (Lipinski definition) is 4. The molecule has 1 aromatic heterocycles. The molecule has 2 rings (SSSR count). The molecule has 1 aromatic carbocycles. The van der Waals surface area contributed by atoms with Gasteiger partial charge in [0.15, 0.2) is 0 Å². The van der Waals surface area contributed by atoms with E-state index in [1.807, 2.05) is 0 Å². The SMILES string of the molecule is NCCCc1nnc(-c2ccc(F)cc2)s1. The van der Waals surface area contributed by atoms with Gasteiger partial charge in [-0.25, -0.2) is 4.39 Å². The molecule has 0 aliphatic rings. The third kappa shape index (κ3) is 2.62. The van der Waals surface area contributed by atoms with Gasteiger partial charge in [-0.05, 0) is 37.2 Å². The van der Waals surface area contributed by atoms with E-state index < -0.39 is 0 Å². The molecule has 2 N–H and O–H groups in total. The van der Waals surface area contributed by atoms with Crippen LogP contribution in [0.1, 0.15) is 11.4 Å². The Bertz CT molecular complexity index is 453. The molecule has 5 heteroatoms. The summed E-state index contributed by atoms with van der Waals surface area (Å²) in [5.41, 5.74) is 6.33. The molecule has 3 nitrogen and oxygen atoms in total. The van der Waals surface area contributed by atoms with E-state index in [0.717, 1.165) is 28.4 Å². The lowest BCUT2D eigenvalue weighted by Gasteiger charge is -1.93. The summed E-state index contributed by atoms with van der Waals surface area (Å²) in [6.45, 7) is 0.658. The number of hydrogen-bond donors (Lipinski definition) is 1. The monoisotopic (exact) mass is 237 g/mol. The number of benzene rings is 1. The largest absolute Gasteiger partial charge is 0.330 e. The summed E-state index contributed by atoms with van der Waals surface area (Å²) < 4.78 is 12.7. The van der Waals surface area contributed by atoms with Crippen LogP contribution < -0.4 is 5.73 Å². The van der Waals surface area contributed by atoms with Crippen LogP contribution in [0, 0.1) is 5.82 Å².